The Kier molecular flexibility index (Phi) is 11.2. The minimum atomic E-state index is -0.534. The molecule has 224 valence electrons. The average Bonchev–Trinajstić information content (AvgIpc) is 3.21. The molecular weight excluding hydrogens is 531 g/mol. The maximum Gasteiger partial charge on any atom is 0.338 e. The summed E-state index contributed by atoms with van der Waals surface area (Å²) in [5.41, 5.74) is 0.995. The molecule has 10 heteroatoms. The van der Waals surface area contributed by atoms with Crippen LogP contribution in [0.1, 0.15) is 58.4 Å². The molecule has 2 aliphatic heterocycles. The third kappa shape index (κ3) is 8.56. The van der Waals surface area contributed by atoms with E-state index in [2.05, 4.69) is 9.80 Å². The number of nitrogens with zero attached hydrogens (tertiary/aromatic N) is 2. The van der Waals surface area contributed by atoms with Crippen LogP contribution >= 0.6 is 0 Å². The smallest absolute Gasteiger partial charge is 0.338 e. The molecule has 3 atom stereocenters. The number of benzene rings is 2. The highest BCUT2D eigenvalue weighted by molar-refractivity contribution is 5.91. The molecule has 0 aliphatic carbocycles. The topological polar surface area (TPSA) is 86.8 Å². The zero-order chi connectivity index (χ0) is 29.2. The van der Waals surface area contributed by atoms with Crippen LogP contribution < -0.4 is 14.2 Å². The number of ether oxygens (including phenoxy) is 5. The van der Waals surface area contributed by atoms with Crippen molar-refractivity contribution in [2.75, 3.05) is 66.7 Å². The first-order valence-corrected chi connectivity index (χ1v) is 14.4. The Hall–Kier alpha value is -3.37. The number of halogens is 1. The van der Waals surface area contributed by atoms with Gasteiger partial charge in [-0.1, -0.05) is 6.07 Å². The van der Waals surface area contributed by atoms with Gasteiger partial charge in [0, 0.05) is 26.2 Å². The van der Waals surface area contributed by atoms with Crippen molar-refractivity contribution in [3.8, 4) is 17.2 Å². The lowest BCUT2D eigenvalue weighted by Gasteiger charge is -2.24. The van der Waals surface area contributed by atoms with E-state index in [-0.39, 0.29) is 11.7 Å². The number of rotatable bonds is 4. The summed E-state index contributed by atoms with van der Waals surface area (Å²) in [6, 6.07) is 7.59. The summed E-state index contributed by atoms with van der Waals surface area (Å²) in [5, 5.41) is 0. The predicted molar refractivity (Wildman–Crippen MR) is 152 cm³/mol. The first-order valence-electron chi connectivity index (χ1n) is 14.4. The zero-order valence-electron chi connectivity index (χ0n) is 24.3. The number of carbonyl (C=O) groups is 2. The van der Waals surface area contributed by atoms with Gasteiger partial charge >= 0.3 is 11.9 Å². The van der Waals surface area contributed by atoms with Crippen molar-refractivity contribution in [3.05, 3.63) is 52.8 Å². The van der Waals surface area contributed by atoms with Gasteiger partial charge in [-0.3, -0.25) is 0 Å². The first-order chi connectivity index (χ1) is 19.9. The average molecular weight is 573 g/mol. The van der Waals surface area contributed by atoms with E-state index < -0.39 is 17.8 Å². The summed E-state index contributed by atoms with van der Waals surface area (Å²) in [6.07, 6.45) is 3.20. The minimum absolute atomic E-state index is 0.200. The Morgan fingerprint density at radius 2 is 1.61 bits per heavy atom. The van der Waals surface area contributed by atoms with E-state index in [1.807, 2.05) is 0 Å². The van der Waals surface area contributed by atoms with E-state index in [9.17, 15) is 14.0 Å². The molecule has 2 aromatic rings. The highest BCUT2D eigenvalue weighted by Gasteiger charge is 2.22. The van der Waals surface area contributed by atoms with Crippen molar-refractivity contribution < 1.29 is 37.7 Å². The molecule has 0 saturated carbocycles. The van der Waals surface area contributed by atoms with E-state index in [1.165, 1.54) is 20.3 Å². The number of esters is 2. The molecule has 3 unspecified atom stereocenters. The Morgan fingerprint density at radius 1 is 0.878 bits per heavy atom. The van der Waals surface area contributed by atoms with Crippen LogP contribution in [0.3, 0.4) is 0 Å². The molecule has 0 N–H and O–H groups in total. The number of methoxy groups -OCH3 is 2. The quantitative estimate of drug-likeness (QED) is 0.492. The van der Waals surface area contributed by atoms with Gasteiger partial charge < -0.3 is 33.5 Å². The fraction of sp³-hybridized carbons (Fsp3) is 0.548. The molecule has 41 heavy (non-hydrogen) atoms. The predicted octanol–water partition coefficient (Wildman–Crippen LogP) is 4.49. The molecule has 4 rings (SSSR count). The number of carbonyl (C=O) groups excluding carboxylic acids is 2. The normalized spacial score (nSPS) is 22.6. The van der Waals surface area contributed by atoms with Gasteiger partial charge in [-0.05, 0) is 81.9 Å². The second kappa shape index (κ2) is 15.0. The van der Waals surface area contributed by atoms with Crippen LogP contribution in [0.2, 0.25) is 0 Å². The van der Waals surface area contributed by atoms with E-state index >= 15 is 0 Å². The van der Waals surface area contributed by atoms with Crippen molar-refractivity contribution >= 4 is 11.9 Å². The molecule has 0 aromatic heterocycles. The molecule has 1 fully saturated rings. The highest BCUT2D eigenvalue weighted by Crippen LogP contribution is 2.39. The number of aryl methyl sites for hydroxylation is 1. The molecule has 4 bridgehead atoms. The standard InChI is InChI=1S/C31H41FN2O7/c1-22-8-9-23(19-26(22)32)31(36)41-25-7-4-17-39-28-21-24(20-27(37-2)29(28)38-3)30(35)40-18-6-13-33-11-5-12-34(14-10-25)16-15-33/h8-9,19-21,25H,4-7,10-18H2,1-3H3. The molecule has 9 nitrogen and oxygen atoms in total. The first kappa shape index (κ1) is 30.6. The Labute approximate surface area is 241 Å². The van der Waals surface area contributed by atoms with Gasteiger partial charge in [0.2, 0.25) is 5.75 Å². The van der Waals surface area contributed by atoms with Crippen LogP contribution in [0.5, 0.6) is 17.2 Å². The maximum absolute atomic E-state index is 14.1. The summed E-state index contributed by atoms with van der Waals surface area (Å²) in [6.45, 7) is 7.70. The molecule has 1 saturated heterocycles. The summed E-state index contributed by atoms with van der Waals surface area (Å²) < 4.78 is 42.6. The minimum Gasteiger partial charge on any atom is -0.493 e. The number of hydrogen-bond acceptors (Lipinski definition) is 9. The van der Waals surface area contributed by atoms with Crippen LogP contribution in [0, 0.1) is 12.7 Å². The van der Waals surface area contributed by atoms with Gasteiger partial charge in [-0.15, -0.1) is 0 Å². The summed E-state index contributed by atoms with van der Waals surface area (Å²) >= 11 is 0. The molecule has 0 spiro atoms. The third-order valence-electron chi connectivity index (χ3n) is 7.59. The van der Waals surface area contributed by atoms with Crippen molar-refractivity contribution in [3.63, 3.8) is 0 Å². The Bertz CT molecular complexity index is 1190. The van der Waals surface area contributed by atoms with E-state index in [4.69, 9.17) is 23.7 Å². The highest BCUT2D eigenvalue weighted by atomic mass is 19.1. The van der Waals surface area contributed by atoms with Gasteiger partial charge in [0.05, 0.1) is 38.6 Å². The maximum atomic E-state index is 14.1. The monoisotopic (exact) mass is 572 g/mol. The van der Waals surface area contributed by atoms with E-state index in [0.717, 1.165) is 52.1 Å². The van der Waals surface area contributed by atoms with Gasteiger partial charge in [-0.2, -0.15) is 0 Å². The lowest BCUT2D eigenvalue weighted by atomic mass is 10.1. The second-order valence-corrected chi connectivity index (χ2v) is 10.5. The molecule has 0 radical (unpaired) electrons. The third-order valence-corrected chi connectivity index (χ3v) is 7.59. The van der Waals surface area contributed by atoms with Gasteiger partial charge in [-0.25, -0.2) is 14.0 Å². The van der Waals surface area contributed by atoms with Crippen LogP contribution in [0.4, 0.5) is 4.39 Å². The number of cyclic esters (lactones) is 1. The second-order valence-electron chi connectivity index (χ2n) is 10.5. The number of fused-ring (bicyclic) bond motifs is 5. The van der Waals surface area contributed by atoms with Crippen LogP contribution in [-0.2, 0) is 9.47 Å². The van der Waals surface area contributed by atoms with Crippen molar-refractivity contribution in [1.82, 2.24) is 9.80 Å². The van der Waals surface area contributed by atoms with Crippen molar-refractivity contribution in [2.45, 2.75) is 45.1 Å². The zero-order valence-corrected chi connectivity index (χ0v) is 24.3. The van der Waals surface area contributed by atoms with Crippen LogP contribution in [-0.4, -0.2) is 94.5 Å². The fourth-order valence-corrected chi connectivity index (χ4v) is 5.18. The summed E-state index contributed by atoms with van der Waals surface area (Å²) in [5.74, 6) is -0.297. The lowest BCUT2D eigenvalue weighted by molar-refractivity contribution is 0.0221. The van der Waals surface area contributed by atoms with Crippen LogP contribution in [0.25, 0.3) is 0 Å². The molecule has 2 aromatic carbocycles. The molecular formula is C31H41FN2O7. The lowest BCUT2D eigenvalue weighted by Crippen LogP contribution is -2.34. The van der Waals surface area contributed by atoms with Gasteiger partial charge in [0.1, 0.15) is 11.9 Å². The van der Waals surface area contributed by atoms with Crippen molar-refractivity contribution in [2.24, 2.45) is 0 Å². The summed E-state index contributed by atoms with van der Waals surface area (Å²) in [7, 11) is 3.01. The fourth-order valence-electron chi connectivity index (χ4n) is 5.18. The molecule has 2 aliphatic rings. The van der Waals surface area contributed by atoms with Gasteiger partial charge in [0.15, 0.2) is 11.5 Å². The van der Waals surface area contributed by atoms with E-state index in [0.29, 0.717) is 60.9 Å². The molecule has 0 amide bonds. The van der Waals surface area contributed by atoms with Crippen molar-refractivity contribution in [1.29, 1.82) is 0 Å². The summed E-state index contributed by atoms with van der Waals surface area (Å²) in [4.78, 5) is 30.6. The largest absolute Gasteiger partial charge is 0.493 e. The molecule has 2 heterocycles. The Balaban J connectivity index is 1.51. The SMILES string of the molecule is COc1cc2cc(c1OC)OCCCC(OC(=O)c1ccc(C)c(F)c1)CCN1CCCN(CCCOC2=O)CC1. The van der Waals surface area contributed by atoms with Crippen LogP contribution in [0.15, 0.2) is 30.3 Å². The number of hydrogen-bond donors (Lipinski definition) is 0. The van der Waals surface area contributed by atoms with Gasteiger partial charge in [0.25, 0.3) is 0 Å². The Morgan fingerprint density at radius 3 is 2.34 bits per heavy atom. The van der Waals surface area contributed by atoms with E-state index in [1.54, 1.807) is 31.2 Å².